The van der Waals surface area contributed by atoms with Crippen molar-refractivity contribution in [3.8, 4) is 0 Å². The van der Waals surface area contributed by atoms with Gasteiger partial charge in [-0.05, 0) is 42.9 Å². The second-order valence-electron chi connectivity index (χ2n) is 7.59. The molecule has 1 saturated carbocycles. The van der Waals surface area contributed by atoms with E-state index < -0.39 is 0 Å². The molecule has 6 rings (SSSR count). The van der Waals surface area contributed by atoms with Crippen molar-refractivity contribution in [1.29, 1.82) is 0 Å². The van der Waals surface area contributed by atoms with Crippen LogP contribution in [0.4, 0.5) is 11.4 Å². The second-order valence-corrected chi connectivity index (χ2v) is 8.00. The van der Waals surface area contributed by atoms with Crippen LogP contribution in [0, 0.1) is 23.7 Å². The second kappa shape index (κ2) is 6.10. The Morgan fingerprint density at radius 1 is 0.962 bits per heavy atom. The molecule has 1 aromatic rings. The van der Waals surface area contributed by atoms with E-state index in [1.54, 1.807) is 6.07 Å². The molecule has 2 heterocycles. The number of amides is 2. The Kier molecular flexibility index (Phi) is 3.83. The summed E-state index contributed by atoms with van der Waals surface area (Å²) in [5.74, 6) is -0.0968. The van der Waals surface area contributed by atoms with Gasteiger partial charge in [0.25, 0.3) is 0 Å². The molecule has 5 aliphatic rings. The van der Waals surface area contributed by atoms with E-state index in [-0.39, 0.29) is 35.5 Å². The van der Waals surface area contributed by atoms with Crippen molar-refractivity contribution in [3.05, 3.63) is 35.4 Å². The number of morpholine rings is 1. The maximum atomic E-state index is 13.0. The van der Waals surface area contributed by atoms with Crippen LogP contribution in [0.25, 0.3) is 0 Å². The molecular formula is C20H21ClN2O3. The molecule has 5 nitrogen and oxygen atoms in total. The molecule has 3 aliphatic carbocycles. The summed E-state index contributed by atoms with van der Waals surface area (Å²) in [6.45, 7) is 2.94. The summed E-state index contributed by atoms with van der Waals surface area (Å²) < 4.78 is 5.39. The van der Waals surface area contributed by atoms with Gasteiger partial charge in [-0.3, -0.25) is 9.59 Å². The van der Waals surface area contributed by atoms with Gasteiger partial charge in [0.15, 0.2) is 0 Å². The van der Waals surface area contributed by atoms with Gasteiger partial charge >= 0.3 is 0 Å². The van der Waals surface area contributed by atoms with Gasteiger partial charge in [0.1, 0.15) is 0 Å². The Morgan fingerprint density at radius 3 is 2.12 bits per heavy atom. The van der Waals surface area contributed by atoms with E-state index in [1.165, 1.54) is 4.90 Å². The van der Waals surface area contributed by atoms with Crippen LogP contribution in [0.3, 0.4) is 0 Å². The molecule has 4 atom stereocenters. The average Bonchev–Trinajstić information content (AvgIpc) is 2.96. The number of benzene rings is 1. The van der Waals surface area contributed by atoms with Crippen molar-refractivity contribution < 1.29 is 14.3 Å². The zero-order valence-corrected chi connectivity index (χ0v) is 15.2. The number of hydrogen-bond acceptors (Lipinski definition) is 4. The topological polar surface area (TPSA) is 49.9 Å². The molecule has 4 unspecified atom stereocenters. The molecular weight excluding hydrogens is 352 g/mol. The number of nitrogens with zero attached hydrogens (tertiary/aromatic N) is 2. The number of fused-ring (bicyclic) bond motifs is 1. The van der Waals surface area contributed by atoms with E-state index in [9.17, 15) is 9.59 Å². The highest BCUT2D eigenvalue weighted by Crippen LogP contribution is 2.50. The number of imide groups is 1. The fourth-order valence-corrected chi connectivity index (χ4v) is 5.32. The Labute approximate surface area is 157 Å². The minimum atomic E-state index is -0.191. The Balaban J connectivity index is 1.46. The van der Waals surface area contributed by atoms with Gasteiger partial charge in [0.2, 0.25) is 11.8 Å². The molecule has 0 radical (unpaired) electrons. The lowest BCUT2D eigenvalue weighted by Crippen LogP contribution is -2.38. The van der Waals surface area contributed by atoms with Crippen LogP contribution in [-0.2, 0) is 14.3 Å². The van der Waals surface area contributed by atoms with Gasteiger partial charge in [0, 0.05) is 13.1 Å². The van der Waals surface area contributed by atoms with Gasteiger partial charge < -0.3 is 9.64 Å². The van der Waals surface area contributed by atoms with Crippen LogP contribution < -0.4 is 9.80 Å². The van der Waals surface area contributed by atoms with Gasteiger partial charge in [-0.15, -0.1) is 0 Å². The molecule has 2 bridgehead atoms. The van der Waals surface area contributed by atoms with E-state index in [4.69, 9.17) is 16.3 Å². The number of rotatable bonds is 2. The van der Waals surface area contributed by atoms with Crippen molar-refractivity contribution in [2.24, 2.45) is 23.7 Å². The third kappa shape index (κ3) is 2.33. The Morgan fingerprint density at radius 2 is 1.58 bits per heavy atom. The average molecular weight is 373 g/mol. The molecule has 2 aliphatic heterocycles. The molecule has 2 saturated heterocycles. The first-order chi connectivity index (χ1) is 12.6. The summed E-state index contributed by atoms with van der Waals surface area (Å²) in [6.07, 6.45) is 6.29. The monoisotopic (exact) mass is 372 g/mol. The Hall–Kier alpha value is -1.85. The maximum absolute atomic E-state index is 13.0. The van der Waals surface area contributed by atoms with Crippen LogP contribution in [0.15, 0.2) is 30.4 Å². The van der Waals surface area contributed by atoms with Crippen molar-refractivity contribution in [3.63, 3.8) is 0 Å². The number of halogens is 1. The molecule has 0 N–H and O–H groups in total. The number of anilines is 2. The van der Waals surface area contributed by atoms with Gasteiger partial charge in [-0.2, -0.15) is 0 Å². The SMILES string of the molecule is O=C1C2C3C=CC(CC3)C2C(=O)N1c1ccc(N2CCOCC2)c(Cl)c1. The third-order valence-corrected chi connectivity index (χ3v) is 6.60. The lowest BCUT2D eigenvalue weighted by atomic mass is 9.63. The number of allylic oxidation sites excluding steroid dienone is 2. The summed E-state index contributed by atoms with van der Waals surface area (Å²) in [4.78, 5) is 29.6. The highest BCUT2D eigenvalue weighted by Gasteiger charge is 2.56. The summed E-state index contributed by atoms with van der Waals surface area (Å²) in [7, 11) is 0. The number of carbonyl (C=O) groups excluding carboxylic acids is 2. The minimum absolute atomic E-state index is 0.0609. The lowest BCUT2D eigenvalue weighted by Gasteiger charge is -2.38. The fourth-order valence-electron chi connectivity index (χ4n) is 5.02. The highest BCUT2D eigenvalue weighted by molar-refractivity contribution is 6.34. The third-order valence-electron chi connectivity index (χ3n) is 6.30. The lowest BCUT2D eigenvalue weighted by molar-refractivity contribution is -0.124. The van der Waals surface area contributed by atoms with Gasteiger partial charge in [-0.25, -0.2) is 4.90 Å². The van der Waals surface area contributed by atoms with Crippen molar-refractivity contribution in [1.82, 2.24) is 0 Å². The standard InChI is InChI=1S/C20H21ClN2O3/c21-15-11-14(5-6-16(15)22-7-9-26-10-8-22)23-19(24)17-12-1-2-13(4-3-12)18(17)20(23)25/h1-2,5-6,11-13,17-18H,3-4,7-10H2. The largest absolute Gasteiger partial charge is 0.378 e. The van der Waals surface area contributed by atoms with Crippen molar-refractivity contribution in [2.75, 3.05) is 36.1 Å². The van der Waals surface area contributed by atoms with Gasteiger partial charge in [-0.1, -0.05) is 23.8 Å². The van der Waals surface area contributed by atoms with Gasteiger partial charge in [0.05, 0.1) is 41.4 Å². The first kappa shape index (κ1) is 16.3. The fraction of sp³-hybridized carbons (Fsp3) is 0.500. The van der Waals surface area contributed by atoms with E-state index in [0.29, 0.717) is 23.9 Å². The molecule has 0 aromatic heterocycles. The van der Waals surface area contributed by atoms with E-state index in [2.05, 4.69) is 17.1 Å². The van der Waals surface area contributed by atoms with E-state index >= 15 is 0 Å². The number of ether oxygens (including phenoxy) is 1. The zero-order valence-electron chi connectivity index (χ0n) is 14.4. The summed E-state index contributed by atoms with van der Waals surface area (Å²) >= 11 is 6.52. The molecule has 6 heteroatoms. The van der Waals surface area contributed by atoms with Crippen molar-refractivity contribution >= 4 is 34.8 Å². The highest BCUT2D eigenvalue weighted by atomic mass is 35.5. The molecule has 1 aromatic carbocycles. The maximum Gasteiger partial charge on any atom is 0.238 e. The van der Waals surface area contributed by atoms with Crippen LogP contribution in [0.1, 0.15) is 12.8 Å². The molecule has 26 heavy (non-hydrogen) atoms. The molecule has 0 spiro atoms. The quantitative estimate of drug-likeness (QED) is 0.591. The predicted molar refractivity (Wildman–Crippen MR) is 99.3 cm³/mol. The van der Waals surface area contributed by atoms with Crippen molar-refractivity contribution in [2.45, 2.75) is 12.8 Å². The molecule has 136 valence electrons. The molecule has 3 fully saturated rings. The number of carbonyl (C=O) groups is 2. The normalized spacial score (nSPS) is 33.1. The Bertz CT molecular complexity index is 770. The molecule has 2 amide bonds. The summed E-state index contributed by atoms with van der Waals surface area (Å²) in [5, 5.41) is 0.570. The summed E-state index contributed by atoms with van der Waals surface area (Å²) in [6, 6.07) is 5.52. The first-order valence-corrected chi connectivity index (χ1v) is 9.71. The number of hydrogen-bond donors (Lipinski definition) is 0. The van der Waals surface area contributed by atoms with Crippen LogP contribution in [0.2, 0.25) is 5.02 Å². The predicted octanol–water partition coefficient (Wildman–Crippen LogP) is 2.88. The van der Waals surface area contributed by atoms with Crippen LogP contribution in [-0.4, -0.2) is 38.1 Å². The smallest absolute Gasteiger partial charge is 0.238 e. The first-order valence-electron chi connectivity index (χ1n) is 9.33. The van der Waals surface area contributed by atoms with E-state index in [0.717, 1.165) is 31.6 Å². The zero-order chi connectivity index (χ0) is 17.8. The van der Waals surface area contributed by atoms with Crippen LogP contribution >= 0.6 is 11.6 Å². The van der Waals surface area contributed by atoms with Crippen LogP contribution in [0.5, 0.6) is 0 Å². The summed E-state index contributed by atoms with van der Waals surface area (Å²) in [5.41, 5.74) is 1.52. The van der Waals surface area contributed by atoms with E-state index in [1.807, 2.05) is 12.1 Å². The minimum Gasteiger partial charge on any atom is -0.378 e.